The zero-order valence-corrected chi connectivity index (χ0v) is 18.1. The van der Waals surface area contributed by atoms with Crippen molar-refractivity contribution in [2.45, 2.75) is 64.3 Å². The molecular weight excluding hydrogens is 380 g/mol. The molecule has 0 radical (unpaired) electrons. The molecule has 6 nitrogen and oxygen atoms in total. The average Bonchev–Trinajstić information content (AvgIpc) is 3.03. The van der Waals surface area contributed by atoms with Crippen LogP contribution in [0.15, 0.2) is 54.6 Å². The van der Waals surface area contributed by atoms with Gasteiger partial charge in [0.2, 0.25) is 0 Å². The molecule has 0 aliphatic carbocycles. The number of ether oxygens (including phenoxy) is 1. The summed E-state index contributed by atoms with van der Waals surface area (Å²) in [5, 5.41) is 12.6. The van der Waals surface area contributed by atoms with Gasteiger partial charge in [0.25, 0.3) is 12.0 Å². The van der Waals surface area contributed by atoms with Gasteiger partial charge in [-0.3, -0.25) is 9.28 Å². The van der Waals surface area contributed by atoms with Gasteiger partial charge < -0.3 is 20.4 Å². The SMILES string of the molecule is CC(C)(C)[N+]1(C(=O)[O-])[C@@H](c2ccc(OCc3ccccc3)cc2)CC[C@@]1(C)C(N)=O. The molecule has 2 N–H and O–H groups in total. The minimum absolute atomic E-state index is 0.379. The van der Waals surface area contributed by atoms with Crippen molar-refractivity contribution in [1.29, 1.82) is 0 Å². The van der Waals surface area contributed by atoms with Crippen molar-refractivity contribution >= 4 is 12.0 Å². The Labute approximate surface area is 177 Å². The quantitative estimate of drug-likeness (QED) is 0.766. The number of carbonyl (C=O) groups is 2. The summed E-state index contributed by atoms with van der Waals surface area (Å²) in [6.45, 7) is 7.55. The minimum Gasteiger partial charge on any atom is -0.498 e. The van der Waals surface area contributed by atoms with Crippen LogP contribution in [0, 0.1) is 0 Å². The van der Waals surface area contributed by atoms with Gasteiger partial charge in [-0.1, -0.05) is 30.3 Å². The molecule has 160 valence electrons. The van der Waals surface area contributed by atoms with Crippen LogP contribution < -0.4 is 15.6 Å². The van der Waals surface area contributed by atoms with Crippen molar-refractivity contribution in [3.63, 3.8) is 0 Å². The number of carbonyl (C=O) groups excluding carboxylic acids is 2. The lowest BCUT2D eigenvalue weighted by Gasteiger charge is -2.56. The molecule has 2 aromatic carbocycles. The van der Waals surface area contributed by atoms with E-state index in [0.29, 0.717) is 25.2 Å². The van der Waals surface area contributed by atoms with Crippen LogP contribution in [0.1, 0.15) is 57.7 Å². The monoisotopic (exact) mass is 410 g/mol. The molecule has 30 heavy (non-hydrogen) atoms. The summed E-state index contributed by atoms with van der Waals surface area (Å²) in [6, 6.07) is 16.8. The zero-order valence-electron chi connectivity index (χ0n) is 18.1. The van der Waals surface area contributed by atoms with Crippen molar-refractivity contribution in [3.8, 4) is 5.75 Å². The molecule has 0 bridgehead atoms. The third kappa shape index (κ3) is 3.35. The smallest absolute Gasteiger partial charge is 0.279 e. The van der Waals surface area contributed by atoms with Gasteiger partial charge in [0, 0.05) is 25.3 Å². The first-order valence-electron chi connectivity index (χ1n) is 10.2. The maximum Gasteiger partial charge on any atom is 0.279 e. The fourth-order valence-corrected chi connectivity index (χ4v) is 5.16. The van der Waals surface area contributed by atoms with E-state index in [9.17, 15) is 14.7 Å². The predicted molar refractivity (Wildman–Crippen MR) is 112 cm³/mol. The maximum absolute atomic E-state index is 12.6. The largest absolute Gasteiger partial charge is 0.498 e. The number of rotatable bonds is 5. The maximum atomic E-state index is 12.6. The number of primary amides is 1. The number of amides is 2. The van der Waals surface area contributed by atoms with E-state index in [2.05, 4.69) is 0 Å². The first kappa shape index (κ1) is 21.8. The van der Waals surface area contributed by atoms with Crippen molar-refractivity contribution in [3.05, 3.63) is 65.7 Å². The summed E-state index contributed by atoms with van der Waals surface area (Å²) in [5.74, 6) is 0.0764. The van der Waals surface area contributed by atoms with Crippen LogP contribution in [0.3, 0.4) is 0 Å². The summed E-state index contributed by atoms with van der Waals surface area (Å²) in [6.07, 6.45) is -0.380. The van der Waals surface area contributed by atoms with Gasteiger partial charge in [0.05, 0.1) is 5.54 Å². The minimum atomic E-state index is -1.28. The number of quaternary nitrogens is 1. The van der Waals surface area contributed by atoms with Crippen LogP contribution in [0.4, 0.5) is 4.79 Å². The standard InChI is InChI=1S/C24H30N2O4/c1-23(2,3)26(22(28)29)20(14-15-24(26,4)21(25)27)18-10-12-19(13-11-18)30-16-17-8-6-5-7-9-17/h5-13,20H,14-16H2,1-4H3,(H2-,25,27,28,29)/t20-,24+,26?/m1/s1. The molecule has 1 heterocycles. The van der Waals surface area contributed by atoms with Crippen LogP contribution in [0.25, 0.3) is 0 Å². The molecule has 0 saturated carbocycles. The summed E-state index contributed by atoms with van der Waals surface area (Å²) in [5.41, 5.74) is 5.57. The molecule has 0 spiro atoms. The van der Waals surface area contributed by atoms with Gasteiger partial charge in [-0.2, -0.15) is 0 Å². The summed E-state index contributed by atoms with van der Waals surface area (Å²) in [4.78, 5) is 25.1. The number of benzene rings is 2. The van der Waals surface area contributed by atoms with Gasteiger partial charge in [-0.05, 0) is 50.6 Å². The molecule has 3 atom stereocenters. The van der Waals surface area contributed by atoms with Crippen molar-refractivity contribution < 1.29 is 23.9 Å². The predicted octanol–water partition coefficient (Wildman–Crippen LogP) is 3.30. The Morgan fingerprint density at radius 2 is 1.73 bits per heavy atom. The molecule has 1 unspecified atom stereocenters. The third-order valence-electron chi connectivity index (χ3n) is 6.54. The van der Waals surface area contributed by atoms with E-state index in [-0.39, 0.29) is 0 Å². The highest BCUT2D eigenvalue weighted by molar-refractivity contribution is 5.85. The van der Waals surface area contributed by atoms with Gasteiger partial charge in [-0.15, -0.1) is 0 Å². The van der Waals surface area contributed by atoms with Crippen molar-refractivity contribution in [2.75, 3.05) is 0 Å². The molecule has 2 aromatic rings. The van der Waals surface area contributed by atoms with E-state index in [1.165, 1.54) is 0 Å². The Kier molecular flexibility index (Phi) is 5.65. The molecule has 1 fully saturated rings. The molecule has 1 saturated heterocycles. The van der Waals surface area contributed by atoms with Crippen LogP contribution >= 0.6 is 0 Å². The number of nitrogens with two attached hydrogens (primary N) is 1. The number of hydrogen-bond acceptors (Lipinski definition) is 4. The average molecular weight is 411 g/mol. The molecule has 0 aromatic heterocycles. The van der Waals surface area contributed by atoms with E-state index in [1.54, 1.807) is 6.92 Å². The van der Waals surface area contributed by atoms with E-state index in [0.717, 1.165) is 11.1 Å². The lowest BCUT2D eigenvalue weighted by atomic mass is 9.87. The highest BCUT2D eigenvalue weighted by Gasteiger charge is 2.67. The molecule has 2 amide bonds. The first-order valence-corrected chi connectivity index (χ1v) is 10.2. The van der Waals surface area contributed by atoms with Crippen LogP contribution in [-0.2, 0) is 11.4 Å². The molecule has 3 rings (SSSR count). The summed E-state index contributed by atoms with van der Waals surface area (Å²) < 4.78 is 5.32. The van der Waals surface area contributed by atoms with Gasteiger partial charge in [0.15, 0.2) is 5.54 Å². The number of hydrogen-bond donors (Lipinski definition) is 1. The van der Waals surface area contributed by atoms with Gasteiger partial charge >= 0.3 is 0 Å². The molecular formula is C24H30N2O4. The number of carboxylic acid groups (broad SMARTS) is 1. The second-order valence-corrected chi connectivity index (χ2v) is 9.20. The highest BCUT2D eigenvalue weighted by atomic mass is 16.5. The lowest BCUT2D eigenvalue weighted by Crippen LogP contribution is -2.77. The van der Waals surface area contributed by atoms with Crippen molar-refractivity contribution in [2.24, 2.45) is 5.73 Å². The second-order valence-electron chi connectivity index (χ2n) is 9.20. The molecule has 1 aliphatic rings. The second kappa shape index (κ2) is 7.76. The Morgan fingerprint density at radius 3 is 2.23 bits per heavy atom. The topological polar surface area (TPSA) is 92.4 Å². The fourth-order valence-electron chi connectivity index (χ4n) is 5.16. The normalized spacial score (nSPS) is 26.3. The lowest BCUT2D eigenvalue weighted by molar-refractivity contribution is -0.967. The van der Waals surface area contributed by atoms with E-state index >= 15 is 0 Å². The number of likely N-dealkylation sites (tertiary alicyclic amines) is 1. The molecule has 6 heteroatoms. The Balaban J connectivity index is 1.93. The fraction of sp³-hybridized carbons (Fsp3) is 0.417. The zero-order chi connectivity index (χ0) is 22.2. The van der Waals surface area contributed by atoms with Crippen LogP contribution in [0.5, 0.6) is 5.75 Å². The van der Waals surface area contributed by atoms with Gasteiger partial charge in [0.1, 0.15) is 18.4 Å². The Hall–Kier alpha value is -2.86. The highest BCUT2D eigenvalue weighted by Crippen LogP contribution is 2.54. The van der Waals surface area contributed by atoms with Crippen LogP contribution in [-0.4, -0.2) is 27.6 Å². The van der Waals surface area contributed by atoms with E-state index < -0.39 is 33.6 Å². The summed E-state index contributed by atoms with van der Waals surface area (Å²) in [7, 11) is 0. The third-order valence-corrected chi connectivity index (χ3v) is 6.54. The summed E-state index contributed by atoms with van der Waals surface area (Å²) >= 11 is 0. The van der Waals surface area contributed by atoms with E-state index in [4.69, 9.17) is 10.5 Å². The van der Waals surface area contributed by atoms with Gasteiger partial charge in [-0.25, -0.2) is 0 Å². The van der Waals surface area contributed by atoms with Crippen LogP contribution in [0.2, 0.25) is 0 Å². The Morgan fingerprint density at radius 1 is 1.13 bits per heavy atom. The number of nitrogens with zero attached hydrogens (tertiary/aromatic N) is 1. The van der Waals surface area contributed by atoms with E-state index in [1.807, 2.05) is 75.4 Å². The Bertz CT molecular complexity index is 920. The first-order chi connectivity index (χ1) is 14.0. The molecule has 1 aliphatic heterocycles. The van der Waals surface area contributed by atoms with Crippen molar-refractivity contribution in [1.82, 2.24) is 0 Å².